The lowest BCUT2D eigenvalue weighted by Gasteiger charge is -2.17. The SMILES string of the molecule is CO[C@H](O)[C@H](O)[C@H](C)O. The van der Waals surface area contributed by atoms with Crippen LogP contribution in [0.15, 0.2) is 0 Å². The normalized spacial score (nSPS) is 21.0. The van der Waals surface area contributed by atoms with Crippen molar-refractivity contribution in [3.8, 4) is 0 Å². The minimum absolute atomic E-state index is 0.972. The van der Waals surface area contributed by atoms with E-state index >= 15 is 0 Å². The summed E-state index contributed by atoms with van der Waals surface area (Å²) in [4.78, 5) is 0. The first-order chi connectivity index (χ1) is 4.09. The molecule has 0 aromatic rings. The summed E-state index contributed by atoms with van der Waals surface area (Å²) in [5.41, 5.74) is 0. The van der Waals surface area contributed by atoms with Gasteiger partial charge in [0.25, 0.3) is 0 Å². The Morgan fingerprint density at radius 1 is 1.22 bits per heavy atom. The zero-order valence-electron chi connectivity index (χ0n) is 5.48. The third-order valence-electron chi connectivity index (χ3n) is 1.03. The second-order valence-electron chi connectivity index (χ2n) is 1.86. The lowest BCUT2D eigenvalue weighted by atomic mass is 10.2. The topological polar surface area (TPSA) is 69.9 Å². The molecule has 9 heavy (non-hydrogen) atoms. The summed E-state index contributed by atoms with van der Waals surface area (Å²) < 4.78 is 4.32. The van der Waals surface area contributed by atoms with E-state index in [0.29, 0.717) is 0 Å². The molecule has 0 aliphatic rings. The van der Waals surface area contributed by atoms with Crippen LogP contribution in [-0.4, -0.2) is 40.9 Å². The molecule has 0 aliphatic heterocycles. The van der Waals surface area contributed by atoms with Crippen molar-refractivity contribution in [3.63, 3.8) is 0 Å². The number of aliphatic hydroxyl groups excluding tert-OH is 3. The summed E-state index contributed by atoms with van der Waals surface area (Å²) in [5, 5.41) is 26.1. The summed E-state index contributed by atoms with van der Waals surface area (Å²) >= 11 is 0. The van der Waals surface area contributed by atoms with Crippen molar-refractivity contribution in [1.29, 1.82) is 0 Å². The second-order valence-corrected chi connectivity index (χ2v) is 1.86. The van der Waals surface area contributed by atoms with Gasteiger partial charge in [-0.2, -0.15) is 0 Å². The van der Waals surface area contributed by atoms with Crippen molar-refractivity contribution >= 4 is 0 Å². The van der Waals surface area contributed by atoms with Crippen LogP contribution in [-0.2, 0) is 4.74 Å². The summed E-state index contributed by atoms with van der Waals surface area (Å²) in [5.74, 6) is 0. The second kappa shape index (κ2) is 3.79. The predicted molar refractivity (Wildman–Crippen MR) is 30.7 cm³/mol. The number of hydrogen-bond acceptors (Lipinski definition) is 4. The first-order valence-electron chi connectivity index (χ1n) is 2.66. The van der Waals surface area contributed by atoms with Gasteiger partial charge in [-0.15, -0.1) is 0 Å². The monoisotopic (exact) mass is 136 g/mol. The molecule has 0 saturated heterocycles. The Balaban J connectivity index is 3.58. The van der Waals surface area contributed by atoms with Gasteiger partial charge >= 0.3 is 0 Å². The number of methoxy groups -OCH3 is 1. The summed E-state index contributed by atoms with van der Waals surface area (Å²) in [6, 6.07) is 0. The van der Waals surface area contributed by atoms with E-state index in [1.165, 1.54) is 14.0 Å². The van der Waals surface area contributed by atoms with E-state index in [2.05, 4.69) is 4.74 Å². The molecule has 0 aromatic heterocycles. The molecule has 56 valence electrons. The van der Waals surface area contributed by atoms with Gasteiger partial charge in [-0.25, -0.2) is 0 Å². The standard InChI is InChI=1S/C5H12O4/c1-3(6)4(7)5(8)9-2/h3-8H,1-2H3/t3-,4+,5-/m0/s1. The van der Waals surface area contributed by atoms with E-state index in [1.54, 1.807) is 0 Å². The Hall–Kier alpha value is -0.160. The van der Waals surface area contributed by atoms with Gasteiger partial charge in [-0.1, -0.05) is 0 Å². The van der Waals surface area contributed by atoms with Gasteiger partial charge in [-0.3, -0.25) is 0 Å². The molecule has 0 aromatic carbocycles. The summed E-state index contributed by atoms with van der Waals surface area (Å²) in [6.45, 7) is 1.37. The highest BCUT2D eigenvalue weighted by atomic mass is 16.6. The average molecular weight is 136 g/mol. The van der Waals surface area contributed by atoms with Gasteiger partial charge in [0.05, 0.1) is 6.10 Å². The lowest BCUT2D eigenvalue weighted by Crippen LogP contribution is -2.36. The smallest absolute Gasteiger partial charge is 0.183 e. The molecule has 0 radical (unpaired) electrons. The van der Waals surface area contributed by atoms with Gasteiger partial charge in [0.1, 0.15) is 6.10 Å². The Bertz CT molecular complexity index is 73.4. The first kappa shape index (κ1) is 8.84. The van der Waals surface area contributed by atoms with E-state index < -0.39 is 18.5 Å². The van der Waals surface area contributed by atoms with Crippen LogP contribution in [0, 0.1) is 0 Å². The van der Waals surface area contributed by atoms with E-state index in [-0.39, 0.29) is 0 Å². The minimum atomic E-state index is -1.30. The van der Waals surface area contributed by atoms with Crippen LogP contribution in [0.25, 0.3) is 0 Å². The largest absolute Gasteiger partial charge is 0.391 e. The molecule has 0 aliphatic carbocycles. The molecular formula is C5H12O4. The van der Waals surface area contributed by atoms with Crippen LogP contribution in [0.2, 0.25) is 0 Å². The summed E-state index contributed by atoms with van der Waals surface area (Å²) in [6.07, 6.45) is -3.50. The van der Waals surface area contributed by atoms with Crippen LogP contribution in [0.5, 0.6) is 0 Å². The molecule has 3 atom stereocenters. The molecular weight excluding hydrogens is 124 g/mol. The minimum Gasteiger partial charge on any atom is -0.391 e. The van der Waals surface area contributed by atoms with Crippen molar-refractivity contribution in [2.24, 2.45) is 0 Å². The number of rotatable bonds is 3. The Morgan fingerprint density at radius 2 is 1.67 bits per heavy atom. The quantitative estimate of drug-likeness (QED) is 0.421. The molecule has 3 N–H and O–H groups in total. The molecule has 0 rings (SSSR count). The van der Waals surface area contributed by atoms with E-state index in [9.17, 15) is 0 Å². The number of ether oxygens (including phenoxy) is 1. The van der Waals surface area contributed by atoms with Crippen LogP contribution < -0.4 is 0 Å². The highest BCUT2D eigenvalue weighted by Gasteiger charge is 2.19. The highest BCUT2D eigenvalue weighted by Crippen LogP contribution is 1.98. The Kier molecular flexibility index (Phi) is 3.72. The summed E-state index contributed by atoms with van der Waals surface area (Å²) in [7, 11) is 1.25. The van der Waals surface area contributed by atoms with Crippen LogP contribution in [0.4, 0.5) is 0 Å². The molecule has 4 heteroatoms. The lowest BCUT2D eigenvalue weighted by molar-refractivity contribution is -0.171. The van der Waals surface area contributed by atoms with Crippen LogP contribution in [0.1, 0.15) is 6.92 Å². The maximum absolute atomic E-state index is 8.77. The number of hydrogen-bond donors (Lipinski definition) is 3. The highest BCUT2D eigenvalue weighted by molar-refractivity contribution is 4.63. The first-order valence-corrected chi connectivity index (χ1v) is 2.66. The van der Waals surface area contributed by atoms with Crippen molar-refractivity contribution in [2.75, 3.05) is 7.11 Å². The fourth-order valence-electron chi connectivity index (χ4n) is 0.378. The third kappa shape index (κ3) is 2.76. The van der Waals surface area contributed by atoms with E-state index in [0.717, 1.165) is 0 Å². The van der Waals surface area contributed by atoms with Gasteiger partial charge in [0, 0.05) is 7.11 Å². The van der Waals surface area contributed by atoms with Crippen LogP contribution in [0.3, 0.4) is 0 Å². The maximum Gasteiger partial charge on any atom is 0.183 e. The van der Waals surface area contributed by atoms with E-state index in [1.807, 2.05) is 0 Å². The van der Waals surface area contributed by atoms with Gasteiger partial charge < -0.3 is 20.1 Å². The van der Waals surface area contributed by atoms with Gasteiger partial charge in [-0.05, 0) is 6.92 Å². The van der Waals surface area contributed by atoms with Crippen molar-refractivity contribution in [1.82, 2.24) is 0 Å². The molecule has 4 nitrogen and oxygen atoms in total. The molecule has 0 bridgehead atoms. The van der Waals surface area contributed by atoms with Crippen LogP contribution >= 0.6 is 0 Å². The zero-order valence-corrected chi connectivity index (χ0v) is 5.48. The van der Waals surface area contributed by atoms with Crippen molar-refractivity contribution in [3.05, 3.63) is 0 Å². The fourth-order valence-corrected chi connectivity index (χ4v) is 0.378. The zero-order chi connectivity index (χ0) is 7.44. The molecule has 0 amide bonds. The van der Waals surface area contributed by atoms with Crippen molar-refractivity contribution in [2.45, 2.75) is 25.4 Å². The van der Waals surface area contributed by atoms with Crippen molar-refractivity contribution < 1.29 is 20.1 Å². The molecule has 0 unspecified atom stereocenters. The average Bonchev–Trinajstić information content (AvgIpc) is 1.84. The van der Waals surface area contributed by atoms with Gasteiger partial charge in [0.2, 0.25) is 0 Å². The maximum atomic E-state index is 8.77. The fraction of sp³-hybridized carbons (Fsp3) is 1.00. The number of aliphatic hydroxyl groups is 3. The molecule has 0 spiro atoms. The molecule has 0 fully saturated rings. The Morgan fingerprint density at radius 3 is 1.78 bits per heavy atom. The molecule has 0 heterocycles. The Labute approximate surface area is 53.7 Å². The van der Waals surface area contributed by atoms with Gasteiger partial charge in [0.15, 0.2) is 6.29 Å². The van der Waals surface area contributed by atoms with E-state index in [4.69, 9.17) is 15.3 Å². The predicted octanol–water partition coefficient (Wildman–Crippen LogP) is -1.31. The molecule has 0 saturated carbocycles. The third-order valence-corrected chi connectivity index (χ3v) is 1.03.